The van der Waals surface area contributed by atoms with Gasteiger partial charge >= 0.3 is 5.97 Å². The molecule has 2 saturated heterocycles. The maximum Gasteiger partial charge on any atom is 0.303 e. The minimum Gasteiger partial charge on any atom is -0.481 e. The number of carboxylic acids is 1. The van der Waals surface area contributed by atoms with Crippen LogP contribution in [-0.4, -0.2) is 87.7 Å². The van der Waals surface area contributed by atoms with E-state index in [-0.39, 0.29) is 23.2 Å². The average molecular weight is 516 g/mol. The summed E-state index contributed by atoms with van der Waals surface area (Å²) in [6, 6.07) is 18.8. The molecule has 2 atom stereocenters. The molecule has 2 aromatic rings. The SMILES string of the molecule is O=C(O)CC1CCN(S(=O)(=O)c2ccccc2)CC1CCN(CCN1CCOCC1)c1ccccc1. The van der Waals surface area contributed by atoms with Crippen LogP contribution in [-0.2, 0) is 19.6 Å². The molecule has 2 heterocycles. The summed E-state index contributed by atoms with van der Waals surface area (Å²) in [5.74, 6) is -0.888. The van der Waals surface area contributed by atoms with Crippen LogP contribution in [0.1, 0.15) is 19.3 Å². The lowest BCUT2D eigenvalue weighted by Gasteiger charge is -2.39. The van der Waals surface area contributed by atoms with E-state index in [0.29, 0.717) is 19.5 Å². The predicted molar refractivity (Wildman–Crippen MR) is 140 cm³/mol. The Hall–Kier alpha value is -2.46. The third kappa shape index (κ3) is 7.06. The van der Waals surface area contributed by atoms with Crippen LogP contribution in [0, 0.1) is 11.8 Å². The summed E-state index contributed by atoms with van der Waals surface area (Å²) in [6.45, 7) is 6.60. The van der Waals surface area contributed by atoms with Crippen LogP contribution in [0.2, 0.25) is 0 Å². The molecule has 0 spiro atoms. The summed E-state index contributed by atoms with van der Waals surface area (Å²) >= 11 is 0. The molecule has 2 aliphatic rings. The molecule has 196 valence electrons. The Morgan fingerprint density at radius 3 is 2.28 bits per heavy atom. The highest BCUT2D eigenvalue weighted by atomic mass is 32.2. The molecule has 9 heteroatoms. The van der Waals surface area contributed by atoms with Gasteiger partial charge in [0.2, 0.25) is 10.0 Å². The molecule has 4 rings (SSSR count). The van der Waals surface area contributed by atoms with Crippen LogP contribution in [0.25, 0.3) is 0 Å². The van der Waals surface area contributed by atoms with Gasteiger partial charge in [0.1, 0.15) is 0 Å². The van der Waals surface area contributed by atoms with E-state index in [9.17, 15) is 18.3 Å². The molecule has 0 amide bonds. The molecular weight excluding hydrogens is 478 g/mol. The fraction of sp³-hybridized carbons (Fsp3) is 0.519. The zero-order chi connectivity index (χ0) is 25.4. The van der Waals surface area contributed by atoms with Gasteiger partial charge in [0.05, 0.1) is 18.1 Å². The smallest absolute Gasteiger partial charge is 0.303 e. The summed E-state index contributed by atoms with van der Waals surface area (Å²) in [4.78, 5) is 16.6. The molecule has 2 aromatic carbocycles. The van der Waals surface area contributed by atoms with Crippen molar-refractivity contribution in [3.05, 3.63) is 60.7 Å². The first-order valence-electron chi connectivity index (χ1n) is 12.8. The number of aliphatic carboxylic acids is 1. The standard InChI is InChI=1S/C27H37N3O5S/c31-27(32)21-23-12-14-30(36(33,34)26-9-5-2-6-10-26)22-24(23)11-13-29(25-7-3-1-4-8-25)16-15-28-17-19-35-20-18-28/h1-10,23-24H,11-22H2,(H,31,32). The van der Waals surface area contributed by atoms with Gasteiger partial charge in [-0.3, -0.25) is 9.69 Å². The zero-order valence-electron chi connectivity index (χ0n) is 20.7. The molecule has 0 bridgehead atoms. The summed E-state index contributed by atoms with van der Waals surface area (Å²) < 4.78 is 33.6. The minimum atomic E-state index is -3.61. The van der Waals surface area contributed by atoms with Gasteiger partial charge in [-0.05, 0) is 48.9 Å². The van der Waals surface area contributed by atoms with Gasteiger partial charge in [-0.2, -0.15) is 4.31 Å². The number of anilines is 1. The van der Waals surface area contributed by atoms with Crippen molar-refractivity contribution in [2.45, 2.75) is 24.2 Å². The van der Waals surface area contributed by atoms with Gasteiger partial charge in [0.15, 0.2) is 0 Å². The number of carbonyl (C=O) groups is 1. The van der Waals surface area contributed by atoms with E-state index in [1.165, 1.54) is 0 Å². The maximum absolute atomic E-state index is 13.3. The van der Waals surface area contributed by atoms with Crippen molar-refractivity contribution < 1.29 is 23.1 Å². The molecule has 0 radical (unpaired) electrons. The van der Waals surface area contributed by atoms with E-state index in [1.807, 2.05) is 18.2 Å². The van der Waals surface area contributed by atoms with Gasteiger partial charge in [-0.1, -0.05) is 36.4 Å². The van der Waals surface area contributed by atoms with Crippen molar-refractivity contribution in [1.29, 1.82) is 0 Å². The summed E-state index contributed by atoms with van der Waals surface area (Å²) in [6.07, 6.45) is 1.36. The van der Waals surface area contributed by atoms with Crippen molar-refractivity contribution in [2.75, 3.05) is 63.9 Å². The second-order valence-electron chi connectivity index (χ2n) is 9.65. The normalized spacial score (nSPS) is 21.8. The number of rotatable bonds is 11. The monoisotopic (exact) mass is 515 g/mol. The molecule has 2 unspecified atom stereocenters. The van der Waals surface area contributed by atoms with E-state index >= 15 is 0 Å². The van der Waals surface area contributed by atoms with Gasteiger partial charge in [-0.15, -0.1) is 0 Å². The van der Waals surface area contributed by atoms with Crippen LogP contribution in [0.3, 0.4) is 0 Å². The Kier molecular flexibility index (Phi) is 9.36. The Labute approximate surface area is 214 Å². The van der Waals surface area contributed by atoms with Gasteiger partial charge in [0.25, 0.3) is 0 Å². The van der Waals surface area contributed by atoms with Gasteiger partial charge < -0.3 is 14.7 Å². The first-order valence-corrected chi connectivity index (χ1v) is 14.2. The molecular formula is C27H37N3O5S. The average Bonchev–Trinajstić information content (AvgIpc) is 2.90. The molecule has 36 heavy (non-hydrogen) atoms. The second kappa shape index (κ2) is 12.7. The number of para-hydroxylation sites is 1. The summed E-state index contributed by atoms with van der Waals surface area (Å²) in [7, 11) is -3.61. The van der Waals surface area contributed by atoms with E-state index in [4.69, 9.17) is 4.74 Å². The third-order valence-corrected chi connectivity index (χ3v) is 9.23. The van der Waals surface area contributed by atoms with E-state index < -0.39 is 16.0 Å². The molecule has 0 saturated carbocycles. The number of sulfonamides is 1. The lowest BCUT2D eigenvalue weighted by molar-refractivity contribution is -0.138. The van der Waals surface area contributed by atoms with Gasteiger partial charge in [-0.25, -0.2) is 8.42 Å². The van der Waals surface area contributed by atoms with Crippen molar-refractivity contribution in [3.8, 4) is 0 Å². The quantitative estimate of drug-likeness (QED) is 0.492. The Morgan fingerprint density at radius 1 is 0.944 bits per heavy atom. The summed E-state index contributed by atoms with van der Waals surface area (Å²) in [5, 5.41) is 9.51. The van der Waals surface area contributed by atoms with Crippen molar-refractivity contribution in [1.82, 2.24) is 9.21 Å². The van der Waals surface area contributed by atoms with Crippen LogP contribution < -0.4 is 4.90 Å². The highest BCUT2D eigenvalue weighted by molar-refractivity contribution is 7.89. The van der Waals surface area contributed by atoms with Gasteiger partial charge in [0, 0.05) is 57.9 Å². The number of hydrogen-bond acceptors (Lipinski definition) is 6. The van der Waals surface area contributed by atoms with E-state index in [0.717, 1.165) is 58.0 Å². The molecule has 8 nitrogen and oxygen atoms in total. The fourth-order valence-electron chi connectivity index (χ4n) is 5.24. The van der Waals surface area contributed by atoms with Crippen molar-refractivity contribution >= 4 is 21.7 Å². The predicted octanol–water partition coefficient (Wildman–Crippen LogP) is 3.02. The Bertz CT molecular complexity index is 1060. The van der Waals surface area contributed by atoms with Crippen LogP contribution in [0.15, 0.2) is 65.6 Å². The fourth-order valence-corrected chi connectivity index (χ4v) is 6.78. The number of nitrogens with zero attached hydrogens (tertiary/aromatic N) is 3. The Balaban J connectivity index is 1.46. The number of hydrogen-bond donors (Lipinski definition) is 1. The number of carboxylic acid groups (broad SMARTS) is 1. The molecule has 1 N–H and O–H groups in total. The molecule has 0 aliphatic carbocycles. The molecule has 0 aromatic heterocycles. The minimum absolute atomic E-state index is 0.0251. The highest BCUT2D eigenvalue weighted by Crippen LogP contribution is 2.33. The Morgan fingerprint density at radius 2 is 1.61 bits per heavy atom. The van der Waals surface area contributed by atoms with Crippen LogP contribution in [0.5, 0.6) is 0 Å². The number of piperidine rings is 1. The maximum atomic E-state index is 13.3. The first-order chi connectivity index (χ1) is 17.4. The second-order valence-corrected chi connectivity index (χ2v) is 11.6. The highest BCUT2D eigenvalue weighted by Gasteiger charge is 2.36. The number of ether oxygens (including phenoxy) is 1. The lowest BCUT2D eigenvalue weighted by Crippen LogP contribution is -2.46. The number of morpholine rings is 1. The van der Waals surface area contributed by atoms with Crippen LogP contribution in [0.4, 0.5) is 5.69 Å². The molecule has 2 fully saturated rings. The van der Waals surface area contributed by atoms with Crippen molar-refractivity contribution in [3.63, 3.8) is 0 Å². The topological polar surface area (TPSA) is 90.4 Å². The third-order valence-electron chi connectivity index (χ3n) is 7.35. The molecule has 2 aliphatic heterocycles. The van der Waals surface area contributed by atoms with Crippen molar-refractivity contribution in [2.24, 2.45) is 11.8 Å². The van der Waals surface area contributed by atoms with E-state index in [1.54, 1.807) is 34.6 Å². The van der Waals surface area contributed by atoms with Crippen LogP contribution >= 0.6 is 0 Å². The summed E-state index contributed by atoms with van der Waals surface area (Å²) in [5.41, 5.74) is 1.13. The number of benzene rings is 2. The first kappa shape index (κ1) is 26.6. The zero-order valence-corrected chi connectivity index (χ0v) is 21.6. The lowest BCUT2D eigenvalue weighted by atomic mass is 9.82. The van der Waals surface area contributed by atoms with E-state index in [2.05, 4.69) is 21.9 Å². The largest absolute Gasteiger partial charge is 0.481 e.